The smallest absolute Gasteiger partial charge is 0.423 e. The molecule has 33 heavy (non-hydrogen) atoms. The molecule has 5 rings (SSSR count). The van der Waals surface area contributed by atoms with Crippen molar-refractivity contribution in [1.82, 2.24) is 19.9 Å². The molecule has 158 valence electrons. The first kappa shape index (κ1) is 20.7. The van der Waals surface area contributed by atoms with Crippen molar-refractivity contribution in [2.24, 2.45) is 0 Å². The van der Waals surface area contributed by atoms with E-state index in [9.17, 15) is 10.0 Å². The van der Waals surface area contributed by atoms with Gasteiger partial charge in [-0.1, -0.05) is 78.9 Å². The first-order chi connectivity index (χ1) is 16.2. The van der Waals surface area contributed by atoms with Crippen molar-refractivity contribution in [1.29, 1.82) is 0 Å². The van der Waals surface area contributed by atoms with Gasteiger partial charge in [0.25, 0.3) is 0 Å². The second kappa shape index (κ2) is 9.12. The summed E-state index contributed by atoms with van der Waals surface area (Å²) in [6, 6.07) is 28.6. The number of hydrogen-bond acceptors (Lipinski definition) is 6. The lowest BCUT2D eigenvalue weighted by Crippen LogP contribution is -2.29. The summed E-state index contributed by atoms with van der Waals surface area (Å²) in [6.07, 6.45) is 3.43. The summed E-state index contributed by atoms with van der Waals surface area (Å²) in [5.74, 6) is 1.75. The largest absolute Gasteiger partial charge is 0.488 e. The van der Waals surface area contributed by atoms with Crippen molar-refractivity contribution in [2.45, 2.75) is 0 Å². The third-order valence-electron chi connectivity index (χ3n) is 5.27. The van der Waals surface area contributed by atoms with Gasteiger partial charge in [0.15, 0.2) is 17.5 Å². The molecule has 2 aromatic heterocycles. The van der Waals surface area contributed by atoms with Crippen molar-refractivity contribution >= 4 is 12.6 Å². The molecule has 7 heteroatoms. The molecule has 5 aromatic rings. The van der Waals surface area contributed by atoms with E-state index in [1.807, 2.05) is 72.8 Å². The number of aromatic nitrogens is 4. The molecular weight excluding hydrogens is 411 g/mol. The topological polar surface area (TPSA) is 92.0 Å². The molecule has 2 heterocycles. The standard InChI is InChI=1S/C26H19BN4O2/c32-27(33)23-8-4-7-22(17-23)18-9-11-20(12-10-18)25-29-24(19-5-2-1-3-6-19)30-26(31-25)21-13-15-28-16-14-21/h1-17,32-33H. The number of hydrogen-bond donors (Lipinski definition) is 2. The Morgan fingerprint density at radius 2 is 1.00 bits per heavy atom. The summed E-state index contributed by atoms with van der Waals surface area (Å²) in [5, 5.41) is 18.9. The average Bonchev–Trinajstić information content (AvgIpc) is 2.89. The van der Waals surface area contributed by atoms with E-state index in [1.165, 1.54) is 0 Å². The number of benzene rings is 3. The van der Waals surface area contributed by atoms with Crippen LogP contribution in [0.4, 0.5) is 0 Å². The average molecular weight is 430 g/mol. The van der Waals surface area contributed by atoms with E-state index in [2.05, 4.69) is 4.98 Å². The molecule has 0 unspecified atom stereocenters. The van der Waals surface area contributed by atoms with Crippen LogP contribution in [0.5, 0.6) is 0 Å². The Labute approximate surface area is 191 Å². The molecule has 0 spiro atoms. The molecule has 0 saturated carbocycles. The van der Waals surface area contributed by atoms with Crippen LogP contribution < -0.4 is 5.46 Å². The molecule has 0 radical (unpaired) electrons. The fourth-order valence-electron chi connectivity index (χ4n) is 3.54. The summed E-state index contributed by atoms with van der Waals surface area (Å²) >= 11 is 0. The van der Waals surface area contributed by atoms with Gasteiger partial charge in [0, 0.05) is 29.1 Å². The Balaban J connectivity index is 1.56. The van der Waals surface area contributed by atoms with Gasteiger partial charge in [0.2, 0.25) is 0 Å². The maximum absolute atomic E-state index is 9.46. The third kappa shape index (κ3) is 4.55. The lowest BCUT2D eigenvalue weighted by molar-refractivity contribution is 0.426. The van der Waals surface area contributed by atoms with Gasteiger partial charge in [0.05, 0.1) is 0 Å². The zero-order chi connectivity index (χ0) is 22.6. The molecule has 0 aliphatic heterocycles. The predicted octanol–water partition coefficient (Wildman–Crippen LogP) is 3.61. The fraction of sp³-hybridized carbons (Fsp3) is 0. The third-order valence-corrected chi connectivity index (χ3v) is 5.27. The zero-order valence-corrected chi connectivity index (χ0v) is 17.6. The molecule has 0 bridgehead atoms. The highest BCUT2D eigenvalue weighted by Gasteiger charge is 2.13. The van der Waals surface area contributed by atoms with Crippen molar-refractivity contribution in [3.05, 3.63) is 103 Å². The lowest BCUT2D eigenvalue weighted by atomic mass is 9.79. The maximum atomic E-state index is 9.46. The second-order valence-corrected chi connectivity index (χ2v) is 7.48. The first-order valence-corrected chi connectivity index (χ1v) is 10.5. The van der Waals surface area contributed by atoms with E-state index >= 15 is 0 Å². The van der Waals surface area contributed by atoms with E-state index in [0.717, 1.165) is 27.8 Å². The van der Waals surface area contributed by atoms with Crippen LogP contribution in [0.1, 0.15) is 0 Å². The van der Waals surface area contributed by atoms with Gasteiger partial charge >= 0.3 is 7.12 Å². The molecule has 0 amide bonds. The van der Waals surface area contributed by atoms with Gasteiger partial charge in [-0.15, -0.1) is 0 Å². The Hall–Kier alpha value is -4.20. The van der Waals surface area contributed by atoms with Gasteiger partial charge in [0.1, 0.15) is 0 Å². The van der Waals surface area contributed by atoms with Crippen molar-refractivity contribution in [3.63, 3.8) is 0 Å². The van der Waals surface area contributed by atoms with Crippen molar-refractivity contribution in [2.75, 3.05) is 0 Å². The number of pyridine rings is 1. The van der Waals surface area contributed by atoms with E-state index in [0.29, 0.717) is 22.9 Å². The van der Waals surface area contributed by atoms with Crippen LogP contribution in [0, 0.1) is 0 Å². The van der Waals surface area contributed by atoms with Crippen LogP contribution >= 0.6 is 0 Å². The highest BCUT2D eigenvalue weighted by molar-refractivity contribution is 6.58. The minimum atomic E-state index is -1.50. The summed E-state index contributed by atoms with van der Waals surface area (Å²) in [5.41, 5.74) is 4.92. The summed E-state index contributed by atoms with van der Waals surface area (Å²) in [7, 11) is -1.50. The van der Waals surface area contributed by atoms with Crippen LogP contribution in [-0.2, 0) is 0 Å². The van der Waals surface area contributed by atoms with Crippen LogP contribution in [0.25, 0.3) is 45.3 Å². The lowest BCUT2D eigenvalue weighted by Gasteiger charge is -2.09. The van der Waals surface area contributed by atoms with Crippen LogP contribution in [-0.4, -0.2) is 37.1 Å². The Morgan fingerprint density at radius 1 is 0.485 bits per heavy atom. The van der Waals surface area contributed by atoms with Crippen LogP contribution in [0.2, 0.25) is 0 Å². The summed E-state index contributed by atoms with van der Waals surface area (Å²) in [4.78, 5) is 18.2. The van der Waals surface area contributed by atoms with Gasteiger partial charge < -0.3 is 10.0 Å². The van der Waals surface area contributed by atoms with Crippen molar-refractivity contribution < 1.29 is 10.0 Å². The Morgan fingerprint density at radius 3 is 1.61 bits per heavy atom. The molecule has 3 aromatic carbocycles. The minimum absolute atomic E-state index is 0.448. The van der Waals surface area contributed by atoms with E-state index in [1.54, 1.807) is 30.6 Å². The van der Waals surface area contributed by atoms with Crippen LogP contribution in [0.15, 0.2) is 103 Å². The summed E-state index contributed by atoms with van der Waals surface area (Å²) < 4.78 is 0. The molecular formula is C26H19BN4O2. The summed E-state index contributed by atoms with van der Waals surface area (Å²) in [6.45, 7) is 0. The molecule has 0 fully saturated rings. The van der Waals surface area contributed by atoms with Crippen molar-refractivity contribution in [3.8, 4) is 45.3 Å². The normalized spacial score (nSPS) is 10.7. The molecule has 0 aliphatic carbocycles. The monoisotopic (exact) mass is 430 g/mol. The SMILES string of the molecule is OB(O)c1cccc(-c2ccc(-c3nc(-c4ccccc4)nc(-c4ccncc4)n3)cc2)c1. The first-order valence-electron chi connectivity index (χ1n) is 10.5. The van der Waals surface area contributed by atoms with Gasteiger partial charge in [-0.25, -0.2) is 15.0 Å². The van der Waals surface area contributed by atoms with Crippen LogP contribution in [0.3, 0.4) is 0 Å². The number of rotatable bonds is 5. The van der Waals surface area contributed by atoms with E-state index < -0.39 is 7.12 Å². The van der Waals surface area contributed by atoms with Gasteiger partial charge in [-0.2, -0.15) is 0 Å². The highest BCUT2D eigenvalue weighted by atomic mass is 16.4. The van der Waals surface area contributed by atoms with E-state index in [4.69, 9.17) is 15.0 Å². The minimum Gasteiger partial charge on any atom is -0.423 e. The predicted molar refractivity (Wildman–Crippen MR) is 129 cm³/mol. The Bertz CT molecular complexity index is 1320. The van der Waals surface area contributed by atoms with Gasteiger partial charge in [-0.3, -0.25) is 4.98 Å². The Kier molecular flexibility index (Phi) is 5.72. The molecule has 2 N–H and O–H groups in total. The van der Waals surface area contributed by atoms with E-state index in [-0.39, 0.29) is 0 Å². The molecule has 0 saturated heterocycles. The highest BCUT2D eigenvalue weighted by Crippen LogP contribution is 2.26. The second-order valence-electron chi connectivity index (χ2n) is 7.48. The fourth-order valence-corrected chi connectivity index (χ4v) is 3.54. The maximum Gasteiger partial charge on any atom is 0.488 e. The molecule has 0 aliphatic rings. The molecule has 0 atom stereocenters. The zero-order valence-electron chi connectivity index (χ0n) is 17.6. The quantitative estimate of drug-likeness (QED) is 0.414. The number of nitrogens with zero attached hydrogens (tertiary/aromatic N) is 4. The molecule has 6 nitrogen and oxygen atoms in total. The van der Waals surface area contributed by atoms with Gasteiger partial charge in [-0.05, 0) is 28.7 Å².